The average molecular weight is 288 g/mol. The zero-order chi connectivity index (χ0) is 12.0. The first-order valence-electron chi connectivity index (χ1n) is 4.04. The first-order valence-corrected chi connectivity index (χ1v) is 4.04. The summed E-state index contributed by atoms with van der Waals surface area (Å²) in [4.78, 5) is 31.8. The van der Waals surface area contributed by atoms with Crippen LogP contribution in [0.5, 0.6) is 0 Å². The molecule has 0 unspecified atom stereocenters. The Hall–Kier alpha value is -2.12. The maximum atomic E-state index is 9.99. The molecule has 0 amide bonds. The van der Waals surface area contributed by atoms with Crippen molar-refractivity contribution in [3.05, 3.63) is 36.4 Å². The topological polar surface area (TPSA) is 132 Å². The molecule has 2 aromatic heterocycles. The Morgan fingerprint density at radius 3 is 1.41 bits per heavy atom. The molecule has 0 atom stereocenters. The second-order valence-corrected chi connectivity index (χ2v) is 2.54. The van der Waals surface area contributed by atoms with E-state index in [1.54, 1.807) is 0 Å². The van der Waals surface area contributed by atoms with Crippen LogP contribution < -0.4 is 0 Å². The molecule has 0 aliphatic rings. The summed E-state index contributed by atoms with van der Waals surface area (Å²) in [5.74, 6) is -1.97. The molecule has 17 heavy (non-hydrogen) atoms. The van der Waals surface area contributed by atoms with Crippen molar-refractivity contribution in [3.63, 3.8) is 0 Å². The maximum absolute atomic E-state index is 9.99. The molecule has 0 aromatic carbocycles. The predicted octanol–water partition coefficient (Wildman–Crippen LogP) is 0.213. The Balaban J connectivity index is 0.000000284. The van der Waals surface area contributed by atoms with Crippen molar-refractivity contribution in [2.75, 3.05) is 0 Å². The number of nitrogens with one attached hydrogen (secondary N) is 2. The fourth-order valence-electron chi connectivity index (χ4n) is 0.746. The van der Waals surface area contributed by atoms with Gasteiger partial charge in [0.1, 0.15) is 11.4 Å². The summed E-state index contributed by atoms with van der Waals surface area (Å²) in [6.07, 6.45) is 5.15. The minimum atomic E-state index is -0.984. The number of hydrogen-bond donors (Lipinski definition) is 4. The third kappa shape index (κ3) is 4.96. The van der Waals surface area contributed by atoms with Crippen molar-refractivity contribution >= 4 is 11.9 Å². The minimum absolute atomic E-state index is 0. The summed E-state index contributed by atoms with van der Waals surface area (Å²) in [6, 6.07) is 0. The van der Waals surface area contributed by atoms with E-state index in [-0.39, 0.29) is 28.5 Å². The molecule has 0 spiro atoms. The van der Waals surface area contributed by atoms with Gasteiger partial charge in [0, 0.05) is 17.1 Å². The van der Waals surface area contributed by atoms with E-state index in [9.17, 15) is 9.59 Å². The van der Waals surface area contributed by atoms with Crippen LogP contribution in [-0.2, 0) is 17.1 Å². The second-order valence-electron chi connectivity index (χ2n) is 2.54. The molecule has 8 nitrogen and oxygen atoms in total. The second kappa shape index (κ2) is 7.20. The average Bonchev–Trinajstić information content (AvgIpc) is 2.93. The Kier molecular flexibility index (Phi) is 6.30. The van der Waals surface area contributed by atoms with Gasteiger partial charge in [0.05, 0.1) is 25.0 Å². The number of H-pyrrole nitrogens is 2. The Bertz CT molecular complexity index is 410. The quantitative estimate of drug-likeness (QED) is 0.584. The van der Waals surface area contributed by atoms with E-state index < -0.39 is 11.9 Å². The van der Waals surface area contributed by atoms with E-state index in [1.165, 1.54) is 25.0 Å². The molecule has 0 aliphatic carbocycles. The van der Waals surface area contributed by atoms with Gasteiger partial charge in [-0.15, -0.1) is 0 Å². The molecule has 9 heteroatoms. The van der Waals surface area contributed by atoms with Crippen LogP contribution in [-0.4, -0.2) is 42.1 Å². The SMILES string of the molecule is O=C(O)c1cnc[nH]1.O=C(O)c1cnc[nH]1.[Cu]. The van der Waals surface area contributed by atoms with Crippen molar-refractivity contribution in [1.29, 1.82) is 0 Å². The van der Waals surface area contributed by atoms with Crippen LogP contribution in [0, 0.1) is 0 Å². The molecular formula is C8H8CuN4O4. The van der Waals surface area contributed by atoms with Crippen molar-refractivity contribution in [1.82, 2.24) is 19.9 Å². The predicted molar refractivity (Wildman–Crippen MR) is 51.1 cm³/mol. The smallest absolute Gasteiger partial charge is 0.353 e. The van der Waals surface area contributed by atoms with Crippen molar-refractivity contribution in [3.8, 4) is 0 Å². The number of carboxylic acid groups (broad SMARTS) is 2. The summed E-state index contributed by atoms with van der Waals surface area (Å²) in [7, 11) is 0. The van der Waals surface area contributed by atoms with E-state index >= 15 is 0 Å². The van der Waals surface area contributed by atoms with Gasteiger partial charge >= 0.3 is 11.9 Å². The number of imidazole rings is 2. The van der Waals surface area contributed by atoms with Gasteiger partial charge in [-0.25, -0.2) is 19.6 Å². The van der Waals surface area contributed by atoms with E-state index in [0.717, 1.165) is 0 Å². The molecule has 4 N–H and O–H groups in total. The monoisotopic (exact) mass is 287 g/mol. The number of aromatic amines is 2. The van der Waals surface area contributed by atoms with Gasteiger partial charge in [-0.05, 0) is 0 Å². The van der Waals surface area contributed by atoms with Gasteiger partial charge in [-0.3, -0.25) is 0 Å². The summed E-state index contributed by atoms with van der Waals surface area (Å²) in [5, 5.41) is 16.4. The molecule has 2 rings (SSSR count). The molecule has 0 saturated heterocycles. The number of carboxylic acids is 2. The van der Waals surface area contributed by atoms with Crippen molar-refractivity contribution in [2.24, 2.45) is 0 Å². The summed E-state index contributed by atoms with van der Waals surface area (Å²) >= 11 is 0. The molecule has 0 aliphatic heterocycles. The van der Waals surface area contributed by atoms with Crippen LogP contribution in [0.3, 0.4) is 0 Å². The Morgan fingerprint density at radius 2 is 1.29 bits per heavy atom. The third-order valence-corrected chi connectivity index (χ3v) is 1.46. The van der Waals surface area contributed by atoms with Crippen molar-refractivity contribution < 1.29 is 36.9 Å². The fourth-order valence-corrected chi connectivity index (χ4v) is 0.746. The van der Waals surface area contributed by atoms with Crippen LogP contribution in [0.1, 0.15) is 21.0 Å². The van der Waals surface area contributed by atoms with Gasteiger partial charge in [0.25, 0.3) is 0 Å². The van der Waals surface area contributed by atoms with E-state index in [2.05, 4.69) is 19.9 Å². The van der Waals surface area contributed by atoms with E-state index in [4.69, 9.17) is 10.2 Å². The van der Waals surface area contributed by atoms with Gasteiger partial charge in [-0.2, -0.15) is 0 Å². The number of aromatic carboxylic acids is 2. The summed E-state index contributed by atoms with van der Waals surface area (Å²) in [6.45, 7) is 0. The molecule has 2 heterocycles. The Morgan fingerprint density at radius 1 is 0.941 bits per heavy atom. The van der Waals surface area contributed by atoms with Gasteiger partial charge < -0.3 is 20.2 Å². The number of aromatic nitrogens is 4. The molecular weight excluding hydrogens is 280 g/mol. The molecule has 2 aromatic rings. The summed E-state index contributed by atoms with van der Waals surface area (Å²) in [5.41, 5.74) is 0.231. The van der Waals surface area contributed by atoms with Gasteiger partial charge in [-0.1, -0.05) is 0 Å². The standard InChI is InChI=1S/2C4H4N2O2.Cu/c2*7-4(8)3-1-5-2-6-3;/h2*1-2H,(H,5,6)(H,7,8);. The Labute approximate surface area is 106 Å². The molecule has 0 saturated carbocycles. The fraction of sp³-hybridized carbons (Fsp3) is 0. The normalized spacial score (nSPS) is 8.47. The molecule has 95 valence electrons. The minimum Gasteiger partial charge on any atom is -0.477 e. The zero-order valence-corrected chi connectivity index (χ0v) is 9.16. The largest absolute Gasteiger partial charge is 0.477 e. The first-order chi connectivity index (χ1) is 7.61. The van der Waals surface area contributed by atoms with Crippen LogP contribution in [0.2, 0.25) is 0 Å². The van der Waals surface area contributed by atoms with Crippen LogP contribution in [0.4, 0.5) is 0 Å². The van der Waals surface area contributed by atoms with Crippen LogP contribution in [0.25, 0.3) is 0 Å². The zero-order valence-electron chi connectivity index (χ0n) is 8.22. The number of hydrogen-bond acceptors (Lipinski definition) is 4. The molecule has 0 fully saturated rings. The van der Waals surface area contributed by atoms with Gasteiger partial charge in [0.2, 0.25) is 0 Å². The maximum Gasteiger partial charge on any atom is 0.353 e. The van der Waals surface area contributed by atoms with Gasteiger partial charge in [0.15, 0.2) is 0 Å². The molecule has 0 bridgehead atoms. The number of rotatable bonds is 2. The number of nitrogens with zero attached hydrogens (tertiary/aromatic N) is 2. The molecule has 1 radical (unpaired) electrons. The summed E-state index contributed by atoms with van der Waals surface area (Å²) < 4.78 is 0. The third-order valence-electron chi connectivity index (χ3n) is 1.46. The van der Waals surface area contributed by atoms with Crippen molar-refractivity contribution in [2.45, 2.75) is 0 Å². The van der Waals surface area contributed by atoms with E-state index in [1.807, 2.05) is 0 Å². The number of carbonyl (C=O) groups is 2. The van der Waals surface area contributed by atoms with Crippen LogP contribution >= 0.6 is 0 Å². The van der Waals surface area contributed by atoms with Crippen LogP contribution in [0.15, 0.2) is 25.0 Å². The van der Waals surface area contributed by atoms with E-state index in [0.29, 0.717) is 0 Å². The first kappa shape index (κ1) is 14.9.